The van der Waals surface area contributed by atoms with Crippen molar-refractivity contribution >= 4 is 0 Å². The highest BCUT2D eigenvalue weighted by molar-refractivity contribution is 4.79. The maximum Gasteiger partial charge on any atom is 0.111 e. The molecule has 114 valence electrons. The van der Waals surface area contributed by atoms with Gasteiger partial charge in [-0.2, -0.15) is 0 Å². The van der Waals surface area contributed by atoms with Gasteiger partial charge in [-0.15, -0.1) is 13.2 Å². The Morgan fingerprint density at radius 1 is 0.789 bits per heavy atom. The fourth-order valence-corrected chi connectivity index (χ4v) is 0.906. The third kappa shape index (κ3) is 10.8. The van der Waals surface area contributed by atoms with Crippen LogP contribution >= 0.6 is 0 Å². The summed E-state index contributed by atoms with van der Waals surface area (Å²) < 4.78 is 4.90. The zero-order chi connectivity index (χ0) is 15.3. The first-order chi connectivity index (χ1) is 8.95. The fraction of sp³-hybridized carbons (Fsp3) is 0.667. The largest absolute Gasteiger partial charge is 0.394 e. The Morgan fingerprint density at radius 2 is 1.11 bits per heavy atom. The van der Waals surface area contributed by atoms with Crippen molar-refractivity contribution < 1.29 is 35.4 Å². The van der Waals surface area contributed by atoms with Gasteiger partial charge >= 0.3 is 0 Å². The van der Waals surface area contributed by atoms with E-state index in [2.05, 4.69) is 13.2 Å². The summed E-state index contributed by atoms with van der Waals surface area (Å²) in [5, 5.41) is 52.2. The molecule has 0 saturated heterocycles. The second kappa shape index (κ2) is 13.6. The van der Waals surface area contributed by atoms with Crippen molar-refractivity contribution in [3.63, 3.8) is 0 Å². The van der Waals surface area contributed by atoms with Crippen molar-refractivity contribution in [2.45, 2.75) is 24.4 Å². The van der Waals surface area contributed by atoms with E-state index in [1.54, 1.807) is 12.2 Å². The first kappa shape index (κ1) is 20.5. The van der Waals surface area contributed by atoms with Gasteiger partial charge in [0.2, 0.25) is 0 Å². The first-order valence-corrected chi connectivity index (χ1v) is 5.69. The molecule has 0 amide bonds. The van der Waals surface area contributed by atoms with Crippen molar-refractivity contribution in [3.05, 3.63) is 25.3 Å². The van der Waals surface area contributed by atoms with Crippen LogP contribution in [-0.4, -0.2) is 81.5 Å². The van der Waals surface area contributed by atoms with Crippen molar-refractivity contribution in [2.75, 3.05) is 26.4 Å². The molecule has 4 atom stereocenters. The Morgan fingerprint density at radius 3 is 1.32 bits per heavy atom. The maximum atomic E-state index is 8.96. The summed E-state index contributed by atoms with van der Waals surface area (Å²) in [6.07, 6.45) is -2.97. The number of rotatable bonds is 9. The van der Waals surface area contributed by atoms with Crippen molar-refractivity contribution in [1.82, 2.24) is 0 Å². The quantitative estimate of drug-likeness (QED) is 0.208. The molecule has 0 aromatic carbocycles. The molecule has 4 unspecified atom stereocenters. The molecule has 0 spiro atoms. The molecule has 0 aliphatic carbocycles. The minimum atomic E-state index is -1.67. The highest BCUT2D eigenvalue weighted by Crippen LogP contribution is 2.03. The van der Waals surface area contributed by atoms with Crippen LogP contribution in [0.15, 0.2) is 25.3 Å². The molecule has 0 aliphatic rings. The Labute approximate surface area is 112 Å². The molecule has 0 aromatic rings. The van der Waals surface area contributed by atoms with Gasteiger partial charge in [0.25, 0.3) is 0 Å². The normalized spacial score (nSPS) is 16.5. The standard InChI is InChI=1S/C6H14O6.C6H10O/c7-1-3(9)5(11)6(12)4(10)2-8;1-3-5-7-6-4-2/h3-12H,1-2H2;3-4H,1-2,5-6H2. The Hall–Kier alpha value is -0.800. The van der Waals surface area contributed by atoms with Crippen LogP contribution in [0.2, 0.25) is 0 Å². The Bertz CT molecular complexity index is 200. The second-order valence-electron chi connectivity index (χ2n) is 3.60. The minimum absolute atomic E-state index is 0.617. The third-order valence-corrected chi connectivity index (χ3v) is 1.98. The lowest BCUT2D eigenvalue weighted by Gasteiger charge is -2.24. The summed E-state index contributed by atoms with van der Waals surface area (Å²) in [5.41, 5.74) is 0. The Balaban J connectivity index is 0. The lowest BCUT2D eigenvalue weighted by Crippen LogP contribution is -2.46. The molecule has 6 N–H and O–H groups in total. The van der Waals surface area contributed by atoms with Crippen molar-refractivity contribution in [1.29, 1.82) is 0 Å². The van der Waals surface area contributed by atoms with Crippen LogP contribution < -0.4 is 0 Å². The molecule has 0 fully saturated rings. The molecule has 7 heteroatoms. The van der Waals surface area contributed by atoms with E-state index in [0.29, 0.717) is 13.2 Å². The Kier molecular flexibility index (Phi) is 14.7. The van der Waals surface area contributed by atoms with Gasteiger partial charge < -0.3 is 35.4 Å². The van der Waals surface area contributed by atoms with Crippen LogP contribution in [0, 0.1) is 0 Å². The molecule has 0 radical (unpaired) electrons. The fourth-order valence-electron chi connectivity index (χ4n) is 0.906. The van der Waals surface area contributed by atoms with Crippen molar-refractivity contribution in [2.24, 2.45) is 0 Å². The van der Waals surface area contributed by atoms with Gasteiger partial charge in [-0.05, 0) is 0 Å². The molecule has 19 heavy (non-hydrogen) atoms. The maximum absolute atomic E-state index is 8.96. The monoisotopic (exact) mass is 280 g/mol. The predicted molar refractivity (Wildman–Crippen MR) is 69.4 cm³/mol. The SMILES string of the molecule is C=CCOCC=C.OCC(O)C(O)C(O)C(O)CO. The van der Waals surface area contributed by atoms with E-state index in [-0.39, 0.29) is 0 Å². The second-order valence-corrected chi connectivity index (χ2v) is 3.60. The molecule has 0 bridgehead atoms. The van der Waals surface area contributed by atoms with E-state index in [1.165, 1.54) is 0 Å². The minimum Gasteiger partial charge on any atom is -0.394 e. The molecular formula is C12H24O7. The molecular weight excluding hydrogens is 256 g/mol. The van der Waals surface area contributed by atoms with Gasteiger partial charge in [-0.1, -0.05) is 12.2 Å². The van der Waals surface area contributed by atoms with Crippen molar-refractivity contribution in [3.8, 4) is 0 Å². The summed E-state index contributed by atoms with van der Waals surface area (Å²) in [6, 6.07) is 0. The molecule has 0 aromatic heterocycles. The predicted octanol–water partition coefficient (Wildman–Crippen LogP) is -2.21. The van der Waals surface area contributed by atoms with Gasteiger partial charge in [0.05, 0.1) is 26.4 Å². The average Bonchev–Trinajstić information content (AvgIpc) is 2.45. The topological polar surface area (TPSA) is 131 Å². The third-order valence-electron chi connectivity index (χ3n) is 1.98. The van der Waals surface area contributed by atoms with Gasteiger partial charge in [-0.25, -0.2) is 0 Å². The van der Waals surface area contributed by atoms with Crippen LogP contribution in [0.5, 0.6) is 0 Å². The van der Waals surface area contributed by atoms with Gasteiger partial charge in [-0.3, -0.25) is 0 Å². The first-order valence-electron chi connectivity index (χ1n) is 5.69. The van der Waals surface area contributed by atoms with Crippen LogP contribution in [0.25, 0.3) is 0 Å². The summed E-state index contributed by atoms with van der Waals surface area (Å²) in [7, 11) is 0. The summed E-state index contributed by atoms with van der Waals surface area (Å²) in [6.45, 7) is 6.73. The van der Waals surface area contributed by atoms with Crippen LogP contribution in [0.3, 0.4) is 0 Å². The highest BCUT2D eigenvalue weighted by Gasteiger charge is 2.29. The smallest absolute Gasteiger partial charge is 0.111 e. The number of hydrogen-bond donors (Lipinski definition) is 6. The molecule has 0 rings (SSSR count). The van der Waals surface area contributed by atoms with Gasteiger partial charge in [0, 0.05) is 0 Å². The van der Waals surface area contributed by atoms with E-state index in [4.69, 9.17) is 35.4 Å². The highest BCUT2D eigenvalue weighted by atomic mass is 16.5. The van der Waals surface area contributed by atoms with Crippen LogP contribution in [-0.2, 0) is 4.74 Å². The van der Waals surface area contributed by atoms with Crippen LogP contribution in [0.4, 0.5) is 0 Å². The van der Waals surface area contributed by atoms with E-state index in [9.17, 15) is 0 Å². The zero-order valence-electron chi connectivity index (χ0n) is 10.8. The van der Waals surface area contributed by atoms with E-state index in [0.717, 1.165) is 0 Å². The van der Waals surface area contributed by atoms with E-state index < -0.39 is 37.6 Å². The molecule has 0 heterocycles. The lowest BCUT2D eigenvalue weighted by molar-refractivity contribution is -0.123. The zero-order valence-corrected chi connectivity index (χ0v) is 10.8. The number of aliphatic hydroxyl groups is 6. The van der Waals surface area contributed by atoms with Gasteiger partial charge in [0.1, 0.15) is 24.4 Å². The molecule has 0 saturated carbocycles. The number of hydrogen-bond acceptors (Lipinski definition) is 7. The molecule has 7 nitrogen and oxygen atoms in total. The van der Waals surface area contributed by atoms with E-state index in [1.807, 2.05) is 0 Å². The summed E-state index contributed by atoms with van der Waals surface area (Å²) >= 11 is 0. The average molecular weight is 280 g/mol. The summed E-state index contributed by atoms with van der Waals surface area (Å²) in [4.78, 5) is 0. The van der Waals surface area contributed by atoms with E-state index >= 15 is 0 Å². The molecule has 0 aliphatic heterocycles. The number of aliphatic hydroxyl groups excluding tert-OH is 6. The van der Waals surface area contributed by atoms with Gasteiger partial charge in [0.15, 0.2) is 0 Å². The van der Waals surface area contributed by atoms with Crippen LogP contribution in [0.1, 0.15) is 0 Å². The number of ether oxygens (including phenoxy) is 1. The summed E-state index contributed by atoms with van der Waals surface area (Å²) in [5.74, 6) is 0. The lowest BCUT2D eigenvalue weighted by atomic mass is 10.0.